The van der Waals surface area contributed by atoms with E-state index in [-0.39, 0.29) is 11.8 Å². The summed E-state index contributed by atoms with van der Waals surface area (Å²) in [5.74, 6) is 0.164. The number of piperidine rings is 1. The molecule has 5 heteroatoms. The van der Waals surface area contributed by atoms with Crippen molar-refractivity contribution in [3.63, 3.8) is 0 Å². The minimum Gasteiger partial charge on any atom is -0.372 e. The molecule has 2 fully saturated rings. The van der Waals surface area contributed by atoms with Crippen molar-refractivity contribution in [2.75, 3.05) is 42.5 Å². The molecule has 2 aliphatic rings. The number of hydrogen-bond donors (Lipinski definition) is 0. The van der Waals surface area contributed by atoms with Crippen molar-refractivity contribution >= 4 is 23.2 Å². The van der Waals surface area contributed by atoms with E-state index in [0.717, 1.165) is 44.7 Å². The van der Waals surface area contributed by atoms with Crippen LogP contribution in [-0.4, -0.2) is 49.4 Å². The summed E-state index contributed by atoms with van der Waals surface area (Å²) in [5, 5.41) is 0. The summed E-state index contributed by atoms with van der Waals surface area (Å²) in [7, 11) is 0. The van der Waals surface area contributed by atoms with Crippen LogP contribution in [0.5, 0.6) is 0 Å². The molecule has 0 aliphatic carbocycles. The van der Waals surface area contributed by atoms with Crippen LogP contribution in [0, 0.1) is 0 Å². The largest absolute Gasteiger partial charge is 0.372 e. The third kappa shape index (κ3) is 5.47. The number of carbonyl (C=O) groups excluding carboxylic acids is 2. The zero-order valence-electron chi connectivity index (χ0n) is 16.7. The average molecular weight is 372 g/mol. The van der Waals surface area contributed by atoms with Gasteiger partial charge >= 0.3 is 0 Å². The molecule has 1 aromatic rings. The first-order valence-electron chi connectivity index (χ1n) is 10.6. The smallest absolute Gasteiger partial charge is 0.224 e. The van der Waals surface area contributed by atoms with E-state index in [0.29, 0.717) is 13.0 Å². The van der Waals surface area contributed by atoms with E-state index < -0.39 is 0 Å². The van der Waals surface area contributed by atoms with Crippen LogP contribution in [0.15, 0.2) is 24.3 Å². The number of nitrogens with zero attached hydrogens (tertiary/aromatic N) is 3. The van der Waals surface area contributed by atoms with Crippen molar-refractivity contribution < 1.29 is 9.59 Å². The topological polar surface area (TPSA) is 43.9 Å². The van der Waals surface area contributed by atoms with Gasteiger partial charge in [0.15, 0.2) is 0 Å². The van der Waals surface area contributed by atoms with E-state index in [1.165, 1.54) is 37.8 Å². The summed E-state index contributed by atoms with van der Waals surface area (Å²) >= 11 is 0. The molecule has 0 N–H and O–H groups in total. The van der Waals surface area contributed by atoms with Gasteiger partial charge in [0.05, 0.1) is 0 Å². The molecule has 2 heterocycles. The Kier molecular flexibility index (Phi) is 7.13. The number of carbonyl (C=O) groups is 2. The van der Waals surface area contributed by atoms with Crippen LogP contribution < -0.4 is 9.80 Å². The Morgan fingerprint density at radius 1 is 0.852 bits per heavy atom. The molecule has 0 atom stereocenters. The lowest BCUT2D eigenvalue weighted by Crippen LogP contribution is -2.37. The molecule has 0 aromatic heterocycles. The molecule has 0 unspecified atom stereocenters. The fraction of sp³-hybridized carbons (Fsp3) is 0.636. The molecule has 0 bridgehead atoms. The number of hydrogen-bond acceptors (Lipinski definition) is 3. The summed E-state index contributed by atoms with van der Waals surface area (Å²) < 4.78 is 0. The molecular formula is C22H33N3O2. The molecule has 0 spiro atoms. The molecule has 2 saturated heterocycles. The summed E-state index contributed by atoms with van der Waals surface area (Å²) in [5.41, 5.74) is 2.11. The van der Waals surface area contributed by atoms with E-state index in [2.05, 4.69) is 17.0 Å². The predicted octanol–water partition coefficient (Wildman–Crippen LogP) is 3.82. The second-order valence-corrected chi connectivity index (χ2v) is 7.78. The van der Waals surface area contributed by atoms with E-state index >= 15 is 0 Å². The van der Waals surface area contributed by atoms with Crippen LogP contribution in [0.3, 0.4) is 0 Å². The Balaban J connectivity index is 1.59. The van der Waals surface area contributed by atoms with Crippen molar-refractivity contribution in [2.24, 2.45) is 0 Å². The minimum absolute atomic E-state index is 0.00983. The van der Waals surface area contributed by atoms with E-state index in [1.54, 1.807) is 11.8 Å². The number of benzene rings is 1. The SMILES string of the molecule is CC(=O)N(CCC(=O)N1CCCCCC1)c1ccc(N2CCCCC2)cc1. The number of rotatable bonds is 5. The maximum atomic E-state index is 12.6. The van der Waals surface area contributed by atoms with E-state index in [4.69, 9.17) is 0 Å². The van der Waals surface area contributed by atoms with Crippen LogP contribution in [0.4, 0.5) is 11.4 Å². The second kappa shape index (κ2) is 9.77. The average Bonchev–Trinajstić information content (AvgIpc) is 2.98. The quantitative estimate of drug-likeness (QED) is 0.790. The third-order valence-electron chi connectivity index (χ3n) is 5.77. The van der Waals surface area contributed by atoms with Gasteiger partial charge in [0, 0.05) is 57.4 Å². The van der Waals surface area contributed by atoms with Crippen molar-refractivity contribution in [3.8, 4) is 0 Å². The zero-order valence-corrected chi connectivity index (χ0v) is 16.7. The molecule has 1 aromatic carbocycles. The molecule has 2 amide bonds. The van der Waals surface area contributed by atoms with Gasteiger partial charge in [0.25, 0.3) is 0 Å². The standard InChI is InChI=1S/C22H33N3O2/c1-19(26)25(18-13-22(27)24-16-5-2-3-6-17-24)21-11-9-20(10-12-21)23-14-7-4-8-15-23/h9-12H,2-8,13-18H2,1H3. The van der Waals surface area contributed by atoms with Crippen molar-refractivity contribution in [1.82, 2.24) is 4.90 Å². The normalized spacial score (nSPS) is 18.1. The highest BCUT2D eigenvalue weighted by Gasteiger charge is 2.19. The Bertz CT molecular complexity index is 615. The monoisotopic (exact) mass is 371 g/mol. The molecule has 5 nitrogen and oxygen atoms in total. The van der Waals surface area contributed by atoms with Crippen LogP contribution in [-0.2, 0) is 9.59 Å². The molecule has 27 heavy (non-hydrogen) atoms. The predicted molar refractivity (Wildman–Crippen MR) is 110 cm³/mol. The van der Waals surface area contributed by atoms with Crippen LogP contribution >= 0.6 is 0 Å². The first-order chi connectivity index (χ1) is 13.1. The Morgan fingerprint density at radius 3 is 2.00 bits per heavy atom. The van der Waals surface area contributed by atoms with Crippen LogP contribution in [0.2, 0.25) is 0 Å². The first-order valence-corrected chi connectivity index (χ1v) is 10.6. The third-order valence-corrected chi connectivity index (χ3v) is 5.77. The summed E-state index contributed by atoms with van der Waals surface area (Å²) in [6, 6.07) is 8.24. The lowest BCUT2D eigenvalue weighted by atomic mass is 10.1. The molecule has 3 rings (SSSR count). The summed E-state index contributed by atoms with van der Waals surface area (Å²) in [6.45, 7) is 5.98. The van der Waals surface area contributed by atoms with Gasteiger partial charge in [-0.05, 0) is 56.4 Å². The van der Waals surface area contributed by atoms with Gasteiger partial charge in [0.1, 0.15) is 0 Å². The van der Waals surface area contributed by atoms with Gasteiger partial charge in [-0.25, -0.2) is 0 Å². The highest BCUT2D eigenvalue weighted by molar-refractivity contribution is 5.92. The van der Waals surface area contributed by atoms with Crippen molar-refractivity contribution in [2.45, 2.75) is 58.3 Å². The van der Waals surface area contributed by atoms with Gasteiger partial charge in [-0.3, -0.25) is 9.59 Å². The maximum Gasteiger partial charge on any atom is 0.224 e. The summed E-state index contributed by atoms with van der Waals surface area (Å²) in [6.07, 6.45) is 8.84. The fourth-order valence-electron chi connectivity index (χ4n) is 4.15. The van der Waals surface area contributed by atoms with Crippen LogP contribution in [0.1, 0.15) is 58.3 Å². The van der Waals surface area contributed by atoms with E-state index in [1.807, 2.05) is 17.0 Å². The van der Waals surface area contributed by atoms with Gasteiger partial charge in [-0.15, -0.1) is 0 Å². The first kappa shape index (κ1) is 19.7. The highest BCUT2D eigenvalue weighted by atomic mass is 16.2. The Morgan fingerprint density at radius 2 is 1.41 bits per heavy atom. The lowest BCUT2D eigenvalue weighted by Gasteiger charge is -2.29. The lowest BCUT2D eigenvalue weighted by molar-refractivity contribution is -0.131. The second-order valence-electron chi connectivity index (χ2n) is 7.78. The molecular weight excluding hydrogens is 338 g/mol. The molecule has 2 aliphatic heterocycles. The number of anilines is 2. The molecule has 0 radical (unpaired) electrons. The van der Waals surface area contributed by atoms with Gasteiger partial charge in [-0.1, -0.05) is 12.8 Å². The zero-order chi connectivity index (χ0) is 19.1. The van der Waals surface area contributed by atoms with Gasteiger partial charge in [-0.2, -0.15) is 0 Å². The number of amides is 2. The van der Waals surface area contributed by atoms with Crippen molar-refractivity contribution in [3.05, 3.63) is 24.3 Å². The maximum absolute atomic E-state index is 12.6. The summed E-state index contributed by atoms with van der Waals surface area (Å²) in [4.78, 5) is 30.8. The minimum atomic E-state index is -0.00983. The number of likely N-dealkylation sites (tertiary alicyclic amines) is 1. The molecule has 0 saturated carbocycles. The Labute approximate surface area is 163 Å². The fourth-order valence-corrected chi connectivity index (χ4v) is 4.15. The highest BCUT2D eigenvalue weighted by Crippen LogP contribution is 2.24. The Hall–Kier alpha value is -2.04. The van der Waals surface area contributed by atoms with Gasteiger partial charge in [0.2, 0.25) is 11.8 Å². The van der Waals surface area contributed by atoms with Crippen LogP contribution in [0.25, 0.3) is 0 Å². The molecule has 148 valence electrons. The van der Waals surface area contributed by atoms with Crippen molar-refractivity contribution in [1.29, 1.82) is 0 Å². The van der Waals surface area contributed by atoms with E-state index in [9.17, 15) is 9.59 Å². The van der Waals surface area contributed by atoms with Gasteiger partial charge < -0.3 is 14.7 Å².